The van der Waals surface area contributed by atoms with E-state index in [1.54, 1.807) is 0 Å². The SMILES string of the molecule is CCCCCCC[CH2][Sn]([CH2]CCCCCCC)([C](=O)c1ccccc1)[C](=O)c1ccccc1. The van der Waals surface area contributed by atoms with Crippen LogP contribution in [0, 0.1) is 0 Å². The fourth-order valence-electron chi connectivity index (χ4n) is 4.83. The van der Waals surface area contributed by atoms with Crippen molar-refractivity contribution in [2.75, 3.05) is 0 Å². The number of unbranched alkanes of at least 4 members (excludes halogenated alkanes) is 10. The van der Waals surface area contributed by atoms with Gasteiger partial charge >= 0.3 is 207 Å². The average Bonchev–Trinajstić information content (AvgIpc) is 2.87. The topological polar surface area (TPSA) is 34.1 Å². The zero-order valence-corrected chi connectivity index (χ0v) is 23.8. The van der Waals surface area contributed by atoms with Crippen molar-refractivity contribution in [1.29, 1.82) is 0 Å². The summed E-state index contributed by atoms with van der Waals surface area (Å²) in [5, 5.41) is 0. The van der Waals surface area contributed by atoms with Crippen LogP contribution in [0.3, 0.4) is 0 Å². The third kappa shape index (κ3) is 9.03. The van der Waals surface area contributed by atoms with E-state index in [0.29, 0.717) is 0 Å². The number of hydrogen-bond donors (Lipinski definition) is 0. The van der Waals surface area contributed by atoms with E-state index in [2.05, 4.69) is 13.8 Å². The first kappa shape index (κ1) is 27.8. The second-order valence-corrected chi connectivity index (χ2v) is 21.1. The molecule has 0 bridgehead atoms. The number of carbonyl (C=O) groups excluding carboxylic acids is 2. The summed E-state index contributed by atoms with van der Waals surface area (Å²) in [5.74, 6) is 0. The van der Waals surface area contributed by atoms with E-state index in [1.807, 2.05) is 60.7 Å². The molecule has 2 aromatic carbocycles. The van der Waals surface area contributed by atoms with Gasteiger partial charge in [-0.3, -0.25) is 0 Å². The van der Waals surface area contributed by atoms with Crippen molar-refractivity contribution in [3.8, 4) is 0 Å². The van der Waals surface area contributed by atoms with E-state index in [1.165, 1.54) is 51.4 Å². The summed E-state index contributed by atoms with van der Waals surface area (Å²) < 4.78 is 2.16. The summed E-state index contributed by atoms with van der Waals surface area (Å²) in [5.41, 5.74) is 1.52. The maximum atomic E-state index is 14.1. The normalized spacial score (nSPS) is 11.5. The van der Waals surface area contributed by atoms with Gasteiger partial charge in [0.15, 0.2) is 0 Å². The molecule has 0 aliphatic rings. The Morgan fingerprint density at radius 1 is 0.515 bits per heavy atom. The van der Waals surface area contributed by atoms with E-state index >= 15 is 0 Å². The van der Waals surface area contributed by atoms with Crippen LogP contribution in [-0.2, 0) is 0 Å². The minimum absolute atomic E-state index is 0.223. The Morgan fingerprint density at radius 3 is 1.21 bits per heavy atom. The van der Waals surface area contributed by atoms with Gasteiger partial charge in [0.2, 0.25) is 0 Å². The Morgan fingerprint density at radius 2 is 0.848 bits per heavy atom. The van der Waals surface area contributed by atoms with Crippen molar-refractivity contribution in [3.63, 3.8) is 0 Å². The van der Waals surface area contributed by atoms with Gasteiger partial charge in [-0.05, 0) is 0 Å². The van der Waals surface area contributed by atoms with Gasteiger partial charge < -0.3 is 0 Å². The van der Waals surface area contributed by atoms with Crippen LogP contribution in [0.15, 0.2) is 60.7 Å². The molecule has 0 aromatic heterocycles. The Balaban J connectivity index is 2.28. The predicted molar refractivity (Wildman–Crippen MR) is 144 cm³/mol. The van der Waals surface area contributed by atoms with Crippen LogP contribution in [0.5, 0.6) is 0 Å². The van der Waals surface area contributed by atoms with Crippen LogP contribution in [0.2, 0.25) is 8.87 Å². The van der Waals surface area contributed by atoms with Gasteiger partial charge in [-0.1, -0.05) is 0 Å². The zero-order chi connectivity index (χ0) is 23.8. The number of carbonyl (C=O) groups is 2. The first-order valence-electron chi connectivity index (χ1n) is 13.4. The second-order valence-electron chi connectivity index (χ2n) is 9.51. The third-order valence-electron chi connectivity index (χ3n) is 6.86. The monoisotopic (exact) mass is 556 g/mol. The molecule has 33 heavy (non-hydrogen) atoms. The fourth-order valence-corrected chi connectivity index (χ4v) is 17.7. The Kier molecular flexibility index (Phi) is 13.7. The zero-order valence-electron chi connectivity index (χ0n) is 21.0. The summed E-state index contributed by atoms with van der Waals surface area (Å²) in [4.78, 5) is 28.2. The van der Waals surface area contributed by atoms with Crippen molar-refractivity contribution in [2.24, 2.45) is 0 Å². The first-order chi connectivity index (χ1) is 16.2. The van der Waals surface area contributed by atoms with E-state index in [-0.39, 0.29) is 7.60 Å². The van der Waals surface area contributed by atoms with E-state index in [0.717, 1.165) is 45.7 Å². The predicted octanol–water partition coefficient (Wildman–Crippen LogP) is 9.00. The van der Waals surface area contributed by atoms with Crippen LogP contribution in [0.4, 0.5) is 0 Å². The van der Waals surface area contributed by atoms with Gasteiger partial charge in [-0.2, -0.15) is 0 Å². The number of rotatable bonds is 18. The van der Waals surface area contributed by atoms with Crippen molar-refractivity contribution in [2.45, 2.75) is 99.8 Å². The van der Waals surface area contributed by atoms with Crippen LogP contribution in [0.25, 0.3) is 0 Å². The van der Waals surface area contributed by atoms with E-state index in [9.17, 15) is 9.59 Å². The molecule has 0 atom stereocenters. The van der Waals surface area contributed by atoms with Crippen LogP contribution >= 0.6 is 0 Å². The summed E-state index contributed by atoms with van der Waals surface area (Å²) >= 11 is -3.89. The summed E-state index contributed by atoms with van der Waals surface area (Å²) in [6, 6.07) is 19.4. The molecule has 2 aromatic rings. The molecule has 0 fully saturated rings. The summed E-state index contributed by atoms with van der Waals surface area (Å²) in [7, 11) is 0. The number of benzene rings is 2. The van der Waals surface area contributed by atoms with Crippen LogP contribution in [-0.4, -0.2) is 26.0 Å². The second kappa shape index (κ2) is 16.2. The first-order valence-corrected chi connectivity index (χ1v) is 20.2. The Hall–Kier alpha value is -1.42. The molecule has 0 aliphatic carbocycles. The van der Waals surface area contributed by atoms with Crippen LogP contribution in [0.1, 0.15) is 112 Å². The van der Waals surface area contributed by atoms with Gasteiger partial charge in [-0.15, -0.1) is 0 Å². The molecule has 0 unspecified atom stereocenters. The molecule has 0 saturated heterocycles. The quantitative estimate of drug-likeness (QED) is 0.136. The van der Waals surface area contributed by atoms with Crippen LogP contribution < -0.4 is 0 Å². The molecule has 0 aliphatic heterocycles. The Bertz CT molecular complexity index is 731. The van der Waals surface area contributed by atoms with E-state index in [4.69, 9.17) is 0 Å². The molecular weight excluding hydrogens is 511 g/mol. The molecule has 0 heterocycles. The molecule has 0 saturated carbocycles. The fraction of sp³-hybridized carbons (Fsp3) is 0.533. The van der Waals surface area contributed by atoms with Gasteiger partial charge in [-0.25, -0.2) is 0 Å². The van der Waals surface area contributed by atoms with Crippen molar-refractivity contribution in [3.05, 3.63) is 71.8 Å². The maximum absolute atomic E-state index is 14.1. The minimum atomic E-state index is -3.89. The number of hydrogen-bond acceptors (Lipinski definition) is 2. The molecule has 180 valence electrons. The molecule has 2 nitrogen and oxygen atoms in total. The van der Waals surface area contributed by atoms with Gasteiger partial charge in [0, 0.05) is 0 Å². The molecule has 0 amide bonds. The molecule has 3 heteroatoms. The molecule has 2 rings (SSSR count). The standard InChI is InChI=1S/2C8H17.2C7H5O.Sn/c2*1-3-5-7-8-6-4-2;2*8-6-7-4-2-1-3-5-7;/h2*1,3-8H2,2H3;2*1-5H;. The molecule has 0 spiro atoms. The van der Waals surface area contributed by atoms with Gasteiger partial charge in [0.05, 0.1) is 0 Å². The molecular formula is C30H44O2Sn. The van der Waals surface area contributed by atoms with E-state index < -0.39 is 18.4 Å². The Labute approximate surface area is 206 Å². The van der Waals surface area contributed by atoms with Crippen molar-refractivity contribution in [1.82, 2.24) is 0 Å². The van der Waals surface area contributed by atoms with Gasteiger partial charge in [0.25, 0.3) is 0 Å². The summed E-state index contributed by atoms with van der Waals surface area (Å²) in [6.07, 6.45) is 14.3. The average molecular weight is 555 g/mol. The van der Waals surface area contributed by atoms with Crippen molar-refractivity contribution >= 4 is 26.0 Å². The molecule has 0 N–H and O–H groups in total. The third-order valence-corrected chi connectivity index (χ3v) is 20.4. The molecule has 0 radical (unpaired) electrons. The van der Waals surface area contributed by atoms with Crippen molar-refractivity contribution < 1.29 is 9.59 Å². The summed E-state index contributed by atoms with van der Waals surface area (Å²) in [6.45, 7) is 4.47. The van der Waals surface area contributed by atoms with Gasteiger partial charge in [0.1, 0.15) is 0 Å².